The lowest BCUT2D eigenvalue weighted by Gasteiger charge is -2.38. The van der Waals surface area contributed by atoms with Gasteiger partial charge < -0.3 is 20.0 Å². The van der Waals surface area contributed by atoms with Crippen molar-refractivity contribution < 1.29 is 4.79 Å². The normalized spacial score (nSPS) is 21.0. The molecule has 8 heteroatoms. The number of urea groups is 1. The molecule has 3 rings (SSSR count). The molecule has 1 N–H and O–H groups in total. The first-order valence-electron chi connectivity index (χ1n) is 10.1. The van der Waals surface area contributed by atoms with E-state index >= 15 is 0 Å². The molecule has 2 aliphatic rings. The van der Waals surface area contributed by atoms with E-state index in [2.05, 4.69) is 44.0 Å². The van der Waals surface area contributed by atoms with E-state index in [4.69, 9.17) is 0 Å². The highest BCUT2D eigenvalue weighted by Crippen LogP contribution is 2.11. The summed E-state index contributed by atoms with van der Waals surface area (Å²) in [6, 6.07) is 2.30. The number of carbonyl (C=O) groups is 1. The molecule has 8 nitrogen and oxygen atoms in total. The lowest BCUT2D eigenvalue weighted by atomic mass is 10.1. The van der Waals surface area contributed by atoms with Gasteiger partial charge in [0.05, 0.1) is 0 Å². The standard InChI is InChI=1S/C19H33N7O/c1-3-17(24-12-10-23(2)11-13-24)16-22-19(27)26-9-5-8-25(14-15-26)18-20-6-4-7-21-18/h4,6-7,17H,3,5,8-16H2,1-2H3,(H,22,27). The SMILES string of the molecule is CCC(CNC(=O)N1CCCN(c2ncccn2)CC1)N1CCN(C)CC1. The maximum Gasteiger partial charge on any atom is 0.317 e. The second-order valence-corrected chi connectivity index (χ2v) is 7.46. The number of rotatable bonds is 5. The van der Waals surface area contributed by atoms with Gasteiger partial charge in [-0.25, -0.2) is 14.8 Å². The zero-order chi connectivity index (χ0) is 19.1. The number of aromatic nitrogens is 2. The molecule has 0 bridgehead atoms. The number of carbonyl (C=O) groups excluding carboxylic acids is 1. The summed E-state index contributed by atoms with van der Waals surface area (Å²) in [5, 5.41) is 3.18. The summed E-state index contributed by atoms with van der Waals surface area (Å²) in [5.74, 6) is 0.751. The number of likely N-dealkylation sites (N-methyl/N-ethyl adjacent to an activating group) is 1. The minimum Gasteiger partial charge on any atom is -0.339 e. The predicted molar refractivity (Wildman–Crippen MR) is 107 cm³/mol. The largest absolute Gasteiger partial charge is 0.339 e. The molecule has 1 unspecified atom stereocenters. The molecule has 1 atom stereocenters. The van der Waals surface area contributed by atoms with Crippen molar-refractivity contribution in [3.8, 4) is 0 Å². The van der Waals surface area contributed by atoms with Gasteiger partial charge in [0.25, 0.3) is 0 Å². The summed E-state index contributed by atoms with van der Waals surface area (Å²) in [5.41, 5.74) is 0. The van der Waals surface area contributed by atoms with Gasteiger partial charge in [-0.1, -0.05) is 6.92 Å². The highest BCUT2D eigenvalue weighted by Gasteiger charge is 2.24. The Labute approximate surface area is 162 Å². The van der Waals surface area contributed by atoms with E-state index in [1.54, 1.807) is 12.4 Å². The van der Waals surface area contributed by atoms with Crippen LogP contribution in [-0.4, -0.2) is 103 Å². The van der Waals surface area contributed by atoms with Crippen molar-refractivity contribution in [3.05, 3.63) is 18.5 Å². The summed E-state index contributed by atoms with van der Waals surface area (Å²) in [6.07, 6.45) is 5.52. The average molecular weight is 376 g/mol. The summed E-state index contributed by atoms with van der Waals surface area (Å²) in [6.45, 7) is 10.4. The van der Waals surface area contributed by atoms with Gasteiger partial charge in [0.15, 0.2) is 0 Å². The third-order valence-corrected chi connectivity index (χ3v) is 5.63. The van der Waals surface area contributed by atoms with Crippen molar-refractivity contribution in [3.63, 3.8) is 0 Å². The highest BCUT2D eigenvalue weighted by atomic mass is 16.2. The van der Waals surface area contributed by atoms with E-state index in [1.807, 2.05) is 11.0 Å². The molecular formula is C19H33N7O. The first-order valence-corrected chi connectivity index (χ1v) is 10.1. The first-order chi connectivity index (χ1) is 13.2. The van der Waals surface area contributed by atoms with Gasteiger partial charge >= 0.3 is 6.03 Å². The van der Waals surface area contributed by atoms with E-state index in [9.17, 15) is 4.79 Å². The van der Waals surface area contributed by atoms with Crippen molar-refractivity contribution in [1.29, 1.82) is 0 Å². The van der Waals surface area contributed by atoms with Gasteiger partial charge in [-0.05, 0) is 26.0 Å². The Morgan fingerprint density at radius 3 is 2.52 bits per heavy atom. The van der Waals surface area contributed by atoms with Crippen LogP contribution in [0.5, 0.6) is 0 Å². The molecule has 0 spiro atoms. The van der Waals surface area contributed by atoms with E-state index in [1.165, 1.54) is 0 Å². The Morgan fingerprint density at radius 1 is 1.07 bits per heavy atom. The number of hydrogen-bond donors (Lipinski definition) is 1. The van der Waals surface area contributed by atoms with Crippen LogP contribution in [0.4, 0.5) is 10.7 Å². The van der Waals surface area contributed by atoms with Crippen molar-refractivity contribution in [1.82, 2.24) is 30.0 Å². The molecule has 1 aromatic rings. The average Bonchev–Trinajstić information content (AvgIpc) is 2.96. The third kappa shape index (κ3) is 5.52. The Balaban J connectivity index is 1.46. The third-order valence-electron chi connectivity index (χ3n) is 5.63. The van der Waals surface area contributed by atoms with Gasteiger partial charge in [0, 0.05) is 77.3 Å². The topological polar surface area (TPSA) is 67.8 Å². The number of amides is 2. The molecule has 2 aliphatic heterocycles. The molecule has 2 amide bonds. The Morgan fingerprint density at radius 2 is 1.81 bits per heavy atom. The van der Waals surface area contributed by atoms with Gasteiger partial charge in [-0.2, -0.15) is 0 Å². The van der Waals surface area contributed by atoms with Gasteiger partial charge in [-0.3, -0.25) is 4.90 Å². The summed E-state index contributed by atoms with van der Waals surface area (Å²) < 4.78 is 0. The fraction of sp³-hybridized carbons (Fsp3) is 0.737. The van der Waals surface area contributed by atoms with Crippen LogP contribution in [0.2, 0.25) is 0 Å². The number of nitrogens with zero attached hydrogens (tertiary/aromatic N) is 6. The molecule has 1 aromatic heterocycles. The summed E-state index contributed by atoms with van der Waals surface area (Å²) >= 11 is 0. The van der Waals surface area contributed by atoms with Gasteiger partial charge in [-0.15, -0.1) is 0 Å². The molecule has 3 heterocycles. The number of anilines is 1. The van der Waals surface area contributed by atoms with Crippen LogP contribution in [0.15, 0.2) is 18.5 Å². The summed E-state index contributed by atoms with van der Waals surface area (Å²) in [7, 11) is 2.17. The fourth-order valence-corrected chi connectivity index (χ4v) is 3.81. The van der Waals surface area contributed by atoms with Crippen LogP contribution < -0.4 is 10.2 Å². The molecule has 27 heavy (non-hydrogen) atoms. The Bertz CT molecular complexity index is 577. The van der Waals surface area contributed by atoms with Crippen LogP contribution in [-0.2, 0) is 0 Å². The van der Waals surface area contributed by atoms with Crippen LogP contribution in [0.3, 0.4) is 0 Å². The Kier molecular flexibility index (Phi) is 7.23. The van der Waals surface area contributed by atoms with Crippen LogP contribution in [0.1, 0.15) is 19.8 Å². The molecule has 0 aliphatic carbocycles. The number of piperazine rings is 1. The van der Waals surface area contributed by atoms with E-state index < -0.39 is 0 Å². The van der Waals surface area contributed by atoms with Crippen LogP contribution in [0.25, 0.3) is 0 Å². The zero-order valence-corrected chi connectivity index (χ0v) is 16.7. The van der Waals surface area contributed by atoms with Crippen LogP contribution >= 0.6 is 0 Å². The van der Waals surface area contributed by atoms with E-state index in [-0.39, 0.29) is 6.03 Å². The second-order valence-electron chi connectivity index (χ2n) is 7.46. The highest BCUT2D eigenvalue weighted by molar-refractivity contribution is 5.74. The minimum absolute atomic E-state index is 0.0541. The molecule has 2 saturated heterocycles. The first kappa shape index (κ1) is 19.8. The van der Waals surface area contributed by atoms with Crippen molar-refractivity contribution in [2.75, 3.05) is 70.9 Å². The quantitative estimate of drug-likeness (QED) is 0.818. The fourth-order valence-electron chi connectivity index (χ4n) is 3.81. The van der Waals surface area contributed by atoms with Crippen molar-refractivity contribution in [2.45, 2.75) is 25.8 Å². The smallest absolute Gasteiger partial charge is 0.317 e. The van der Waals surface area contributed by atoms with Crippen molar-refractivity contribution in [2.24, 2.45) is 0 Å². The van der Waals surface area contributed by atoms with Crippen LogP contribution in [0, 0.1) is 0 Å². The number of hydrogen-bond acceptors (Lipinski definition) is 6. The predicted octanol–water partition coefficient (Wildman–Crippen LogP) is 0.724. The maximum absolute atomic E-state index is 12.7. The zero-order valence-electron chi connectivity index (χ0n) is 16.7. The lowest BCUT2D eigenvalue weighted by Crippen LogP contribution is -2.53. The maximum atomic E-state index is 12.7. The van der Waals surface area contributed by atoms with Gasteiger partial charge in [0.1, 0.15) is 0 Å². The van der Waals surface area contributed by atoms with E-state index in [0.29, 0.717) is 12.6 Å². The number of nitrogens with one attached hydrogen (secondary N) is 1. The van der Waals surface area contributed by atoms with Gasteiger partial charge in [0.2, 0.25) is 5.95 Å². The summed E-state index contributed by atoms with van der Waals surface area (Å²) in [4.78, 5) is 30.3. The van der Waals surface area contributed by atoms with Crippen molar-refractivity contribution >= 4 is 12.0 Å². The lowest BCUT2D eigenvalue weighted by molar-refractivity contribution is 0.107. The molecular weight excluding hydrogens is 342 g/mol. The second kappa shape index (κ2) is 9.85. The molecule has 0 radical (unpaired) electrons. The Hall–Kier alpha value is -1.93. The molecule has 0 saturated carbocycles. The van der Waals surface area contributed by atoms with E-state index in [0.717, 1.165) is 71.1 Å². The monoisotopic (exact) mass is 375 g/mol. The molecule has 150 valence electrons. The minimum atomic E-state index is 0.0541. The molecule has 0 aromatic carbocycles. The molecule has 2 fully saturated rings.